The van der Waals surface area contributed by atoms with Crippen LogP contribution in [0.3, 0.4) is 0 Å². The monoisotopic (exact) mass is 1000 g/mol. The zero-order valence-corrected chi connectivity index (χ0v) is 41.8. The van der Waals surface area contributed by atoms with E-state index in [0.717, 1.165) is 38.9 Å². The van der Waals surface area contributed by atoms with Gasteiger partial charge < -0.3 is 50.5 Å². The second kappa shape index (κ2) is 23.6. The van der Waals surface area contributed by atoms with E-state index in [4.69, 9.17) is 29.4 Å². The lowest BCUT2D eigenvalue weighted by atomic mass is 9.58. The standard InChI is InChI=1S/C49H83F6N5O9/c1-31-13-15-35-33(3)47(49(53,54)55,66-42(62)40(35)34(31)17-19-44(4,5)69-63)64-28-10-9-27-60(30-39(61)59-26-12-25-58-23-8-7-22-57-24-11-21-56)29-36-38-16-14-32(2)37-18-20-45(6)67-43(46(37,38)68-45)65-41(36)48(50,51)52/h31-35,37-38,40,42-43,57-58,62-63H,7-30,56H2,1-6H3,(H,59,61)/t31-,32-,33-,34+,35+,37+,38+,40?,42?,43?,45-,46-,47-/m1/s1. The van der Waals surface area contributed by atoms with Crippen molar-refractivity contribution in [2.45, 2.75) is 179 Å². The van der Waals surface area contributed by atoms with Crippen molar-refractivity contribution in [2.24, 2.45) is 53.1 Å². The number of allylic oxidation sites excluding steroid dienone is 1. The highest BCUT2D eigenvalue weighted by molar-refractivity contribution is 5.78. The van der Waals surface area contributed by atoms with Gasteiger partial charge in [-0.25, -0.2) is 4.89 Å². The lowest BCUT2D eigenvalue weighted by molar-refractivity contribution is -0.461. The third-order valence-corrected chi connectivity index (χ3v) is 16.5. The number of aliphatic hydroxyl groups is 1. The maximum absolute atomic E-state index is 15.3. The van der Waals surface area contributed by atoms with E-state index in [9.17, 15) is 15.2 Å². The van der Waals surface area contributed by atoms with Crippen LogP contribution in [0.1, 0.15) is 131 Å². The number of nitrogens with zero attached hydrogens (tertiary/aromatic N) is 1. The van der Waals surface area contributed by atoms with Crippen molar-refractivity contribution < 1.29 is 70.1 Å². The van der Waals surface area contributed by atoms with Gasteiger partial charge >= 0.3 is 12.4 Å². The van der Waals surface area contributed by atoms with Gasteiger partial charge in [0, 0.05) is 37.3 Å². The molecule has 20 heteroatoms. The van der Waals surface area contributed by atoms with Crippen molar-refractivity contribution >= 4 is 5.91 Å². The molecule has 0 aromatic heterocycles. The maximum Gasteiger partial charge on any atom is 0.449 e. The van der Waals surface area contributed by atoms with Gasteiger partial charge in [0.1, 0.15) is 5.60 Å². The number of aliphatic hydroxyl groups excluding tert-OH is 1. The Morgan fingerprint density at radius 3 is 2.23 bits per heavy atom. The molecule has 3 unspecified atom stereocenters. The lowest BCUT2D eigenvalue weighted by Gasteiger charge is -2.56. The SMILES string of the molecule is C[C@@H]1CC[C@@H]2C(C(O)O[C@@](OCCCCN(CC(=O)NCCCNCCCCNCCCN)CC3=C(C(F)(F)F)OC4O[C@@]5(C)CC[C@H]6[C@H](C)CC[C@@H]3[C@@]46O5)(C(F)(F)F)[C@@H]2C)[C@H]1CCC(C)(C)OO. The average molecular weight is 1000 g/mol. The number of hydrogen-bond acceptors (Lipinski definition) is 13. The number of nitrogens with one attached hydrogen (secondary N) is 3. The van der Waals surface area contributed by atoms with E-state index in [2.05, 4.69) is 27.8 Å². The van der Waals surface area contributed by atoms with Gasteiger partial charge in [-0.2, -0.15) is 26.3 Å². The van der Waals surface area contributed by atoms with Crippen LogP contribution >= 0.6 is 0 Å². The topological polar surface area (TPSA) is 178 Å². The van der Waals surface area contributed by atoms with Crippen LogP contribution in [-0.4, -0.2) is 134 Å². The molecule has 0 radical (unpaired) electrons. The number of carbonyl (C=O) groups is 1. The lowest BCUT2D eigenvalue weighted by Crippen LogP contribution is -2.66. The Morgan fingerprint density at radius 2 is 1.57 bits per heavy atom. The molecule has 4 aliphatic heterocycles. The first-order valence-electron chi connectivity index (χ1n) is 25.9. The van der Waals surface area contributed by atoms with Crippen LogP contribution in [0.5, 0.6) is 0 Å². The van der Waals surface area contributed by atoms with Gasteiger partial charge in [0.2, 0.25) is 18.0 Å². The molecule has 69 heavy (non-hydrogen) atoms. The van der Waals surface area contributed by atoms with E-state index >= 15 is 26.3 Å². The normalized spacial score (nSPS) is 35.8. The van der Waals surface area contributed by atoms with Crippen LogP contribution < -0.4 is 21.7 Å². The summed E-state index contributed by atoms with van der Waals surface area (Å²) in [6.07, 6.45) is -4.85. The third kappa shape index (κ3) is 12.9. The summed E-state index contributed by atoms with van der Waals surface area (Å²) in [6.45, 7) is 14.1. The summed E-state index contributed by atoms with van der Waals surface area (Å²) in [5.41, 5.74) is 3.50. The summed E-state index contributed by atoms with van der Waals surface area (Å²) in [6, 6.07) is 0. The molecule has 0 aromatic carbocycles. The molecule has 2 aliphatic carbocycles. The first-order valence-corrected chi connectivity index (χ1v) is 25.9. The van der Waals surface area contributed by atoms with Crippen LogP contribution in [0.25, 0.3) is 0 Å². The maximum atomic E-state index is 15.3. The Morgan fingerprint density at radius 1 is 0.884 bits per heavy atom. The van der Waals surface area contributed by atoms with Gasteiger partial charge in [0.05, 0.1) is 18.8 Å². The minimum absolute atomic E-state index is 0.00946. The van der Waals surface area contributed by atoms with Crippen LogP contribution in [0.15, 0.2) is 11.3 Å². The number of halogens is 6. The summed E-state index contributed by atoms with van der Waals surface area (Å²) in [5, 5.41) is 30.4. The molecule has 1 amide bonds. The Kier molecular flexibility index (Phi) is 19.3. The van der Waals surface area contributed by atoms with Crippen molar-refractivity contribution in [3.8, 4) is 0 Å². The molecule has 400 valence electrons. The summed E-state index contributed by atoms with van der Waals surface area (Å²) < 4.78 is 121. The second-order valence-corrected chi connectivity index (χ2v) is 21.9. The smallest absolute Gasteiger partial charge is 0.449 e. The van der Waals surface area contributed by atoms with E-state index in [1.165, 1.54) is 6.92 Å². The highest BCUT2D eigenvalue weighted by Crippen LogP contribution is 2.64. The quantitative estimate of drug-likeness (QED) is 0.0216. The fourth-order valence-corrected chi connectivity index (χ4v) is 12.8. The van der Waals surface area contributed by atoms with Gasteiger partial charge in [-0.3, -0.25) is 15.0 Å². The number of hydrogen-bond donors (Lipinski definition) is 6. The summed E-state index contributed by atoms with van der Waals surface area (Å²) in [4.78, 5) is 19.8. The molecule has 14 nitrogen and oxygen atoms in total. The Balaban J connectivity index is 1.13. The van der Waals surface area contributed by atoms with Crippen LogP contribution in [0, 0.1) is 47.3 Å². The number of alkyl halides is 6. The molecule has 0 aromatic rings. The number of rotatable bonds is 26. The van der Waals surface area contributed by atoms with Gasteiger partial charge in [-0.05, 0) is 172 Å². The molecule has 7 N–H and O–H groups in total. The third-order valence-electron chi connectivity index (χ3n) is 16.5. The molecule has 6 aliphatic rings. The molecule has 4 heterocycles. The van der Waals surface area contributed by atoms with Crippen molar-refractivity contribution in [3.05, 3.63) is 11.3 Å². The predicted octanol–water partition coefficient (Wildman–Crippen LogP) is 7.60. The first kappa shape index (κ1) is 56.4. The number of fused-ring (bicyclic) bond motifs is 2. The van der Waals surface area contributed by atoms with Crippen LogP contribution in [0.4, 0.5) is 26.3 Å². The molecular weight excluding hydrogens is 917 g/mol. The predicted molar refractivity (Wildman–Crippen MR) is 245 cm³/mol. The second-order valence-electron chi connectivity index (χ2n) is 21.9. The van der Waals surface area contributed by atoms with E-state index in [-0.39, 0.29) is 61.7 Å². The van der Waals surface area contributed by atoms with Gasteiger partial charge in [0.15, 0.2) is 12.1 Å². The number of carbonyl (C=O) groups excluding carboxylic acids is 1. The minimum atomic E-state index is -5.01. The van der Waals surface area contributed by atoms with E-state index < -0.39 is 89.7 Å². The number of ether oxygens (including phenoxy) is 5. The van der Waals surface area contributed by atoms with Crippen molar-refractivity contribution in [3.63, 3.8) is 0 Å². The summed E-state index contributed by atoms with van der Waals surface area (Å²) in [7, 11) is 0. The molecule has 3 saturated heterocycles. The van der Waals surface area contributed by atoms with E-state index in [1.807, 2.05) is 6.92 Å². The van der Waals surface area contributed by atoms with E-state index in [0.29, 0.717) is 77.4 Å². The van der Waals surface area contributed by atoms with Gasteiger partial charge in [-0.1, -0.05) is 27.2 Å². The molecule has 2 bridgehead atoms. The Hall–Kier alpha value is -1.85. The fourth-order valence-electron chi connectivity index (χ4n) is 12.8. The number of amides is 1. The highest BCUT2D eigenvalue weighted by atomic mass is 19.4. The first-order chi connectivity index (χ1) is 32.5. The van der Waals surface area contributed by atoms with Crippen molar-refractivity contribution in [2.75, 3.05) is 65.5 Å². The molecular formula is C49H83F6N5O9. The molecule has 6 rings (SSSR count). The average Bonchev–Trinajstić information content (AvgIpc) is 3.50. The van der Waals surface area contributed by atoms with Crippen molar-refractivity contribution in [1.29, 1.82) is 0 Å². The minimum Gasteiger partial charge on any atom is -0.456 e. The molecule has 1 spiro atoms. The number of nitrogens with two attached hydrogens (primary N) is 1. The zero-order chi connectivity index (χ0) is 50.4. The zero-order valence-electron chi connectivity index (χ0n) is 41.8. The molecule has 2 saturated carbocycles. The highest BCUT2D eigenvalue weighted by Gasteiger charge is 2.72. The van der Waals surface area contributed by atoms with Crippen LogP contribution in [0.2, 0.25) is 0 Å². The summed E-state index contributed by atoms with van der Waals surface area (Å²) in [5.74, 6) is -8.87. The number of unbranched alkanes of at least 4 members (excludes halogenated alkanes) is 2. The molecule has 5 fully saturated rings. The van der Waals surface area contributed by atoms with Gasteiger partial charge in [0.25, 0.3) is 5.79 Å². The Bertz CT molecular complexity index is 1700. The van der Waals surface area contributed by atoms with Crippen LogP contribution in [-0.2, 0) is 33.4 Å². The van der Waals surface area contributed by atoms with Crippen molar-refractivity contribution in [1.82, 2.24) is 20.9 Å². The summed E-state index contributed by atoms with van der Waals surface area (Å²) >= 11 is 0. The molecule has 13 atom stereocenters. The Labute approximate surface area is 405 Å². The fraction of sp³-hybridized carbons (Fsp3) is 0.939. The largest absolute Gasteiger partial charge is 0.456 e. The van der Waals surface area contributed by atoms with E-state index in [1.54, 1.807) is 25.7 Å². The van der Waals surface area contributed by atoms with Gasteiger partial charge in [-0.15, -0.1) is 0 Å².